The van der Waals surface area contributed by atoms with Crippen molar-refractivity contribution in [3.05, 3.63) is 29.3 Å². The summed E-state index contributed by atoms with van der Waals surface area (Å²) in [6.07, 6.45) is 2.35. The SMILES string of the molecule is Cc1cccc(C)c1OCCCNC(=O)NCC[S@@](C)=O. The van der Waals surface area contributed by atoms with E-state index in [9.17, 15) is 9.00 Å². The van der Waals surface area contributed by atoms with E-state index in [4.69, 9.17) is 4.74 Å². The molecule has 1 atom stereocenters. The molecule has 0 radical (unpaired) electrons. The number of benzene rings is 1. The van der Waals surface area contributed by atoms with Gasteiger partial charge in [-0.1, -0.05) is 18.2 Å². The van der Waals surface area contributed by atoms with Gasteiger partial charge in [0.15, 0.2) is 0 Å². The number of ether oxygens (including phenoxy) is 1. The lowest BCUT2D eigenvalue weighted by Gasteiger charge is -2.12. The molecule has 0 aliphatic rings. The molecule has 1 rings (SSSR count). The molecule has 0 aliphatic carbocycles. The summed E-state index contributed by atoms with van der Waals surface area (Å²) in [6, 6.07) is 5.82. The van der Waals surface area contributed by atoms with Crippen LogP contribution in [0.15, 0.2) is 18.2 Å². The Hall–Kier alpha value is -1.56. The van der Waals surface area contributed by atoms with Crippen LogP contribution in [-0.2, 0) is 10.8 Å². The number of amides is 2. The average Bonchev–Trinajstić information content (AvgIpc) is 2.41. The number of hydrogen-bond acceptors (Lipinski definition) is 3. The van der Waals surface area contributed by atoms with E-state index in [0.717, 1.165) is 23.3 Å². The Morgan fingerprint density at radius 1 is 1.19 bits per heavy atom. The van der Waals surface area contributed by atoms with E-state index in [-0.39, 0.29) is 6.03 Å². The Kier molecular flexibility index (Phi) is 7.82. The molecule has 0 unspecified atom stereocenters. The van der Waals surface area contributed by atoms with Crippen molar-refractivity contribution in [3.8, 4) is 5.75 Å². The number of nitrogens with one attached hydrogen (secondary N) is 2. The fourth-order valence-electron chi connectivity index (χ4n) is 1.85. The highest BCUT2D eigenvalue weighted by Gasteiger charge is 2.03. The number of carbonyl (C=O) groups excluding carboxylic acids is 1. The van der Waals surface area contributed by atoms with Crippen LogP contribution in [0.3, 0.4) is 0 Å². The van der Waals surface area contributed by atoms with Gasteiger partial charge in [0.25, 0.3) is 0 Å². The summed E-state index contributed by atoms with van der Waals surface area (Å²) in [6.45, 7) is 5.57. The van der Waals surface area contributed by atoms with Crippen molar-refractivity contribution in [2.75, 3.05) is 31.7 Å². The highest BCUT2D eigenvalue weighted by atomic mass is 32.2. The Bertz CT molecular complexity index is 472. The molecule has 2 amide bonds. The van der Waals surface area contributed by atoms with Gasteiger partial charge in [0.2, 0.25) is 0 Å². The zero-order valence-electron chi connectivity index (χ0n) is 12.9. The van der Waals surface area contributed by atoms with E-state index in [1.54, 1.807) is 6.26 Å². The molecule has 0 aromatic heterocycles. The van der Waals surface area contributed by atoms with Crippen LogP contribution in [0.1, 0.15) is 17.5 Å². The molecule has 0 fully saturated rings. The highest BCUT2D eigenvalue weighted by molar-refractivity contribution is 7.84. The maximum absolute atomic E-state index is 11.4. The number of rotatable bonds is 8. The van der Waals surface area contributed by atoms with Crippen LogP contribution in [0, 0.1) is 13.8 Å². The highest BCUT2D eigenvalue weighted by Crippen LogP contribution is 2.22. The van der Waals surface area contributed by atoms with Gasteiger partial charge in [0.05, 0.1) is 6.61 Å². The van der Waals surface area contributed by atoms with Crippen LogP contribution in [0.5, 0.6) is 5.75 Å². The van der Waals surface area contributed by atoms with Gasteiger partial charge in [0, 0.05) is 35.9 Å². The summed E-state index contributed by atoms with van der Waals surface area (Å²) < 4.78 is 16.6. The van der Waals surface area contributed by atoms with Crippen LogP contribution in [0.25, 0.3) is 0 Å². The lowest BCUT2D eigenvalue weighted by atomic mass is 10.1. The van der Waals surface area contributed by atoms with Crippen LogP contribution in [-0.4, -0.2) is 41.9 Å². The molecule has 21 heavy (non-hydrogen) atoms. The van der Waals surface area contributed by atoms with Crippen LogP contribution in [0.2, 0.25) is 0 Å². The van der Waals surface area contributed by atoms with Crippen LogP contribution >= 0.6 is 0 Å². The summed E-state index contributed by atoms with van der Waals surface area (Å²) in [5.74, 6) is 1.40. The maximum Gasteiger partial charge on any atom is 0.314 e. The lowest BCUT2D eigenvalue weighted by Crippen LogP contribution is -2.38. The van der Waals surface area contributed by atoms with Crippen molar-refractivity contribution in [1.29, 1.82) is 0 Å². The Balaban J connectivity index is 2.14. The molecule has 0 heterocycles. The van der Waals surface area contributed by atoms with E-state index in [2.05, 4.69) is 10.6 Å². The minimum atomic E-state index is -0.879. The first-order chi connectivity index (χ1) is 10.0. The van der Waals surface area contributed by atoms with Crippen LogP contribution < -0.4 is 15.4 Å². The minimum Gasteiger partial charge on any atom is -0.493 e. The molecule has 5 nitrogen and oxygen atoms in total. The Morgan fingerprint density at radius 2 is 1.81 bits per heavy atom. The van der Waals surface area contributed by atoms with Gasteiger partial charge < -0.3 is 15.4 Å². The first-order valence-electron chi connectivity index (χ1n) is 7.01. The number of hydrogen-bond donors (Lipinski definition) is 2. The zero-order valence-corrected chi connectivity index (χ0v) is 13.7. The molecule has 0 bridgehead atoms. The summed E-state index contributed by atoms with van der Waals surface area (Å²) in [4.78, 5) is 11.4. The number of carbonyl (C=O) groups is 1. The molecule has 1 aromatic carbocycles. The van der Waals surface area contributed by atoms with Crippen molar-refractivity contribution in [1.82, 2.24) is 10.6 Å². The van der Waals surface area contributed by atoms with Gasteiger partial charge in [-0.15, -0.1) is 0 Å². The Morgan fingerprint density at radius 3 is 2.43 bits per heavy atom. The van der Waals surface area contributed by atoms with Crippen molar-refractivity contribution in [2.45, 2.75) is 20.3 Å². The van der Waals surface area contributed by atoms with Gasteiger partial charge in [-0.2, -0.15) is 0 Å². The van der Waals surface area contributed by atoms with Crippen molar-refractivity contribution in [3.63, 3.8) is 0 Å². The van der Waals surface area contributed by atoms with Gasteiger partial charge in [-0.3, -0.25) is 4.21 Å². The molecule has 6 heteroatoms. The maximum atomic E-state index is 11.4. The van der Waals surface area contributed by atoms with Crippen molar-refractivity contribution in [2.24, 2.45) is 0 Å². The van der Waals surface area contributed by atoms with E-state index in [0.29, 0.717) is 25.4 Å². The fraction of sp³-hybridized carbons (Fsp3) is 0.533. The molecule has 0 spiro atoms. The third kappa shape index (κ3) is 7.13. The quantitative estimate of drug-likeness (QED) is 0.719. The molecular formula is C15H24N2O3S. The Labute approximate surface area is 128 Å². The average molecular weight is 312 g/mol. The second-order valence-corrected chi connectivity index (χ2v) is 6.44. The van der Waals surface area contributed by atoms with E-state index < -0.39 is 10.8 Å². The van der Waals surface area contributed by atoms with Crippen molar-refractivity contribution >= 4 is 16.8 Å². The van der Waals surface area contributed by atoms with E-state index >= 15 is 0 Å². The monoisotopic (exact) mass is 312 g/mol. The largest absolute Gasteiger partial charge is 0.493 e. The number of para-hydroxylation sites is 1. The van der Waals surface area contributed by atoms with Gasteiger partial charge in [-0.05, 0) is 31.4 Å². The summed E-state index contributed by atoms with van der Waals surface area (Å²) >= 11 is 0. The zero-order chi connectivity index (χ0) is 15.7. The topological polar surface area (TPSA) is 67.4 Å². The molecule has 0 aliphatic heterocycles. The van der Waals surface area contributed by atoms with Gasteiger partial charge >= 0.3 is 6.03 Å². The van der Waals surface area contributed by atoms with E-state index in [1.807, 2.05) is 32.0 Å². The van der Waals surface area contributed by atoms with Gasteiger partial charge in [-0.25, -0.2) is 4.79 Å². The third-order valence-corrected chi connectivity index (χ3v) is 3.72. The minimum absolute atomic E-state index is 0.229. The molecule has 118 valence electrons. The molecule has 0 saturated heterocycles. The predicted octanol–water partition coefficient (Wildman–Crippen LogP) is 1.75. The molecule has 0 saturated carbocycles. The summed E-state index contributed by atoms with van der Waals surface area (Å²) in [7, 11) is -0.879. The van der Waals surface area contributed by atoms with E-state index in [1.165, 1.54) is 0 Å². The lowest BCUT2D eigenvalue weighted by molar-refractivity contribution is 0.239. The smallest absolute Gasteiger partial charge is 0.314 e. The number of urea groups is 1. The molecular weight excluding hydrogens is 288 g/mol. The predicted molar refractivity (Wildman–Crippen MR) is 86.4 cm³/mol. The normalized spacial score (nSPS) is 11.8. The standard InChI is InChI=1S/C15H24N2O3S/c1-12-6-4-7-13(2)14(12)20-10-5-8-16-15(18)17-9-11-21(3)19/h4,6-7H,5,8-11H2,1-3H3,(H2,16,17,18)/t21-/m1/s1. The fourth-order valence-corrected chi connectivity index (χ4v) is 2.24. The van der Waals surface area contributed by atoms with Crippen molar-refractivity contribution < 1.29 is 13.7 Å². The number of aryl methyl sites for hydroxylation is 2. The molecule has 1 aromatic rings. The first-order valence-corrected chi connectivity index (χ1v) is 8.74. The second kappa shape index (κ2) is 9.39. The summed E-state index contributed by atoms with van der Waals surface area (Å²) in [5, 5.41) is 5.40. The van der Waals surface area contributed by atoms with Crippen LogP contribution in [0.4, 0.5) is 4.79 Å². The second-order valence-electron chi connectivity index (χ2n) is 4.88. The van der Waals surface area contributed by atoms with Gasteiger partial charge in [0.1, 0.15) is 5.75 Å². The third-order valence-electron chi connectivity index (χ3n) is 2.94. The molecule has 2 N–H and O–H groups in total. The summed E-state index contributed by atoms with van der Waals surface area (Å²) in [5.41, 5.74) is 2.24. The first kappa shape index (κ1) is 17.5.